The molecule has 1 unspecified atom stereocenters. The number of aromatic nitrogens is 1. The maximum atomic E-state index is 12.8. The lowest BCUT2D eigenvalue weighted by Gasteiger charge is -2.36. The van der Waals surface area contributed by atoms with E-state index in [0.717, 1.165) is 31.3 Å². The van der Waals surface area contributed by atoms with Gasteiger partial charge in [0, 0.05) is 37.8 Å². The van der Waals surface area contributed by atoms with Crippen molar-refractivity contribution in [1.82, 2.24) is 15.2 Å². The molecule has 1 aromatic rings. The van der Waals surface area contributed by atoms with Crippen LogP contribution in [-0.2, 0) is 11.0 Å². The number of pyridine rings is 1. The van der Waals surface area contributed by atoms with E-state index in [0.29, 0.717) is 44.3 Å². The quantitative estimate of drug-likeness (QED) is 0.736. The van der Waals surface area contributed by atoms with Crippen LogP contribution in [0.3, 0.4) is 0 Å². The van der Waals surface area contributed by atoms with E-state index in [2.05, 4.69) is 29.0 Å². The van der Waals surface area contributed by atoms with Gasteiger partial charge in [0.05, 0.1) is 10.6 Å². The average molecular weight is 447 g/mol. The third kappa shape index (κ3) is 5.78. The lowest BCUT2D eigenvalue weighted by molar-refractivity contribution is -0.137. The summed E-state index contributed by atoms with van der Waals surface area (Å²) >= 11 is 6.05. The van der Waals surface area contributed by atoms with E-state index >= 15 is 0 Å². The Balaban J connectivity index is 1.46. The van der Waals surface area contributed by atoms with E-state index in [4.69, 9.17) is 11.6 Å². The number of alkyl halides is 3. The van der Waals surface area contributed by atoms with Gasteiger partial charge in [-0.25, -0.2) is 4.98 Å². The average Bonchev–Trinajstić information content (AvgIpc) is 2.71. The smallest absolute Gasteiger partial charge is 0.355 e. The predicted octanol–water partition coefficient (Wildman–Crippen LogP) is 4.21. The van der Waals surface area contributed by atoms with Crippen LogP contribution >= 0.6 is 11.6 Å². The lowest BCUT2D eigenvalue weighted by atomic mass is 9.95. The number of hydrogen-bond acceptors (Lipinski definition) is 4. The molecule has 0 spiro atoms. The Morgan fingerprint density at radius 3 is 2.43 bits per heavy atom. The van der Waals surface area contributed by atoms with Crippen LogP contribution in [0.1, 0.15) is 45.1 Å². The van der Waals surface area contributed by atoms with E-state index in [1.165, 1.54) is 12.8 Å². The molecular weight excluding hydrogens is 417 g/mol. The van der Waals surface area contributed by atoms with E-state index in [9.17, 15) is 18.0 Å². The Morgan fingerprint density at radius 1 is 1.23 bits per heavy atom. The van der Waals surface area contributed by atoms with Crippen LogP contribution in [0.5, 0.6) is 0 Å². The number of amides is 1. The summed E-state index contributed by atoms with van der Waals surface area (Å²) in [6.07, 6.45) is 0.00209. The molecule has 0 aromatic carbocycles. The summed E-state index contributed by atoms with van der Waals surface area (Å²) < 4.78 is 38.4. The summed E-state index contributed by atoms with van der Waals surface area (Å²) in [5.41, 5.74) is -0.859. The van der Waals surface area contributed by atoms with Gasteiger partial charge in [-0.1, -0.05) is 18.5 Å². The molecule has 2 saturated heterocycles. The first kappa shape index (κ1) is 23.1. The number of hydrogen-bond donors (Lipinski definition) is 1. The largest absolute Gasteiger partial charge is 0.417 e. The van der Waals surface area contributed by atoms with Crippen molar-refractivity contribution in [2.75, 3.05) is 37.6 Å². The number of likely N-dealkylation sites (tertiary alicyclic amines) is 1. The Hall–Kier alpha value is -1.54. The second kappa shape index (κ2) is 9.73. The zero-order chi connectivity index (χ0) is 21.9. The topological polar surface area (TPSA) is 48.5 Å². The Morgan fingerprint density at radius 2 is 1.87 bits per heavy atom. The molecule has 1 N–H and O–H groups in total. The van der Waals surface area contributed by atoms with Crippen molar-refractivity contribution in [2.45, 2.75) is 51.7 Å². The number of nitrogens with zero attached hydrogens (tertiary/aromatic N) is 3. The Kier molecular flexibility index (Phi) is 7.50. The van der Waals surface area contributed by atoms with Crippen LogP contribution < -0.4 is 10.2 Å². The van der Waals surface area contributed by atoms with Crippen LogP contribution in [0.15, 0.2) is 12.3 Å². The Labute approximate surface area is 181 Å². The molecule has 0 saturated carbocycles. The van der Waals surface area contributed by atoms with Crippen molar-refractivity contribution in [2.24, 2.45) is 11.8 Å². The van der Waals surface area contributed by atoms with Gasteiger partial charge < -0.3 is 10.2 Å². The molecule has 2 aliphatic heterocycles. The van der Waals surface area contributed by atoms with E-state index in [1.54, 1.807) is 0 Å². The molecule has 5 nitrogen and oxygen atoms in total. The molecule has 2 fully saturated rings. The van der Waals surface area contributed by atoms with Gasteiger partial charge in [-0.05, 0) is 57.7 Å². The normalized spacial score (nSPS) is 20.9. The first-order chi connectivity index (χ1) is 14.1. The minimum Gasteiger partial charge on any atom is -0.355 e. The zero-order valence-corrected chi connectivity index (χ0v) is 18.3. The minimum atomic E-state index is -4.47. The van der Waals surface area contributed by atoms with E-state index in [1.807, 2.05) is 4.90 Å². The second-order valence-corrected chi connectivity index (χ2v) is 9.01. The molecular formula is C21H30ClF3N4O. The predicted molar refractivity (Wildman–Crippen MR) is 112 cm³/mol. The molecule has 1 amide bonds. The third-order valence-corrected chi connectivity index (χ3v) is 6.61. The molecule has 1 atom stereocenters. The standard InChI is InChI=1S/C21H30ClF3N4O/c1-14-3-7-28(8-4-14)15(2)12-27-20(30)16-5-9-29(10-6-16)19-18(22)11-17(13-26-19)21(23,24)25/h11,13-16H,3-10,12H2,1-2H3,(H,27,30). The monoisotopic (exact) mass is 446 g/mol. The summed E-state index contributed by atoms with van der Waals surface area (Å²) in [6.45, 7) is 8.31. The highest BCUT2D eigenvalue weighted by atomic mass is 35.5. The number of piperidine rings is 2. The van der Waals surface area contributed by atoms with Gasteiger partial charge in [0.15, 0.2) is 0 Å². The number of anilines is 1. The highest BCUT2D eigenvalue weighted by Crippen LogP contribution is 2.34. The summed E-state index contributed by atoms with van der Waals surface area (Å²) in [4.78, 5) is 20.8. The highest BCUT2D eigenvalue weighted by molar-refractivity contribution is 6.33. The summed E-state index contributed by atoms with van der Waals surface area (Å²) in [6, 6.07) is 1.22. The van der Waals surface area contributed by atoms with Crippen molar-refractivity contribution >= 4 is 23.3 Å². The van der Waals surface area contributed by atoms with Crippen LogP contribution in [0, 0.1) is 11.8 Å². The van der Waals surface area contributed by atoms with Gasteiger partial charge in [-0.15, -0.1) is 0 Å². The van der Waals surface area contributed by atoms with Crippen molar-refractivity contribution in [3.05, 3.63) is 22.8 Å². The number of carbonyl (C=O) groups is 1. The second-order valence-electron chi connectivity index (χ2n) is 8.60. The maximum Gasteiger partial charge on any atom is 0.417 e. The summed E-state index contributed by atoms with van der Waals surface area (Å²) in [5, 5.41) is 3.07. The molecule has 9 heteroatoms. The number of nitrogens with one attached hydrogen (secondary N) is 1. The molecule has 0 bridgehead atoms. The number of rotatable bonds is 5. The number of carbonyl (C=O) groups excluding carboxylic acids is 1. The molecule has 168 valence electrons. The summed E-state index contributed by atoms with van der Waals surface area (Å²) in [5.74, 6) is 1.08. The highest BCUT2D eigenvalue weighted by Gasteiger charge is 2.33. The fourth-order valence-electron chi connectivity index (χ4n) is 4.16. The van der Waals surface area contributed by atoms with Gasteiger partial charge in [0.2, 0.25) is 5.91 Å². The molecule has 3 heterocycles. The van der Waals surface area contributed by atoms with E-state index < -0.39 is 11.7 Å². The zero-order valence-electron chi connectivity index (χ0n) is 17.5. The first-order valence-electron chi connectivity index (χ1n) is 10.6. The summed E-state index contributed by atoms with van der Waals surface area (Å²) in [7, 11) is 0. The van der Waals surface area contributed by atoms with Crippen molar-refractivity contribution in [1.29, 1.82) is 0 Å². The van der Waals surface area contributed by atoms with Gasteiger partial charge in [-0.3, -0.25) is 9.69 Å². The van der Waals surface area contributed by atoms with Crippen LogP contribution in [-0.4, -0.2) is 54.6 Å². The third-order valence-electron chi connectivity index (χ3n) is 6.33. The van der Waals surface area contributed by atoms with Crippen LogP contribution in [0.4, 0.5) is 19.0 Å². The van der Waals surface area contributed by atoms with E-state index in [-0.39, 0.29) is 16.8 Å². The van der Waals surface area contributed by atoms with Gasteiger partial charge >= 0.3 is 6.18 Å². The van der Waals surface area contributed by atoms with Crippen molar-refractivity contribution in [3.63, 3.8) is 0 Å². The van der Waals surface area contributed by atoms with Crippen molar-refractivity contribution in [3.8, 4) is 0 Å². The van der Waals surface area contributed by atoms with Crippen LogP contribution in [0.2, 0.25) is 5.02 Å². The minimum absolute atomic E-state index is 0.0163. The number of halogens is 4. The molecule has 30 heavy (non-hydrogen) atoms. The maximum absolute atomic E-state index is 12.8. The SMILES string of the molecule is CC1CCN(C(C)CNC(=O)C2CCN(c3ncc(C(F)(F)F)cc3Cl)CC2)CC1. The molecule has 0 radical (unpaired) electrons. The van der Waals surface area contributed by atoms with Gasteiger partial charge in [0.1, 0.15) is 5.82 Å². The Bertz CT molecular complexity index is 729. The molecule has 1 aromatic heterocycles. The van der Waals surface area contributed by atoms with Gasteiger partial charge in [0.25, 0.3) is 0 Å². The lowest BCUT2D eigenvalue weighted by Crippen LogP contribution is -2.47. The van der Waals surface area contributed by atoms with Crippen molar-refractivity contribution < 1.29 is 18.0 Å². The first-order valence-corrected chi connectivity index (χ1v) is 11.0. The fourth-order valence-corrected chi connectivity index (χ4v) is 4.45. The van der Waals surface area contributed by atoms with Crippen LogP contribution in [0.25, 0.3) is 0 Å². The molecule has 3 rings (SSSR count). The molecule has 0 aliphatic carbocycles. The fraction of sp³-hybridized carbons (Fsp3) is 0.714. The van der Waals surface area contributed by atoms with Gasteiger partial charge in [-0.2, -0.15) is 13.2 Å². The molecule has 2 aliphatic rings.